The maximum absolute atomic E-state index is 11.9. The lowest BCUT2D eigenvalue weighted by molar-refractivity contribution is -0.121. The van der Waals surface area contributed by atoms with Gasteiger partial charge in [0, 0.05) is 24.8 Å². The molecular formula is C17H25NO2. The fourth-order valence-electron chi connectivity index (χ4n) is 3.32. The standard InChI is InChI=1S/C17H25NO2/c1-11-3-4-13(9-11)18-17(19)8-6-14-5-7-16(20-14)15-10-12(15)2/h5,7,11-13,15H,3-4,6,8-10H2,1-2H3,(H,18,19). The van der Waals surface area contributed by atoms with Crippen LogP contribution in [-0.2, 0) is 11.2 Å². The maximum atomic E-state index is 11.9. The van der Waals surface area contributed by atoms with Crippen LogP contribution in [0.25, 0.3) is 0 Å². The third-order valence-corrected chi connectivity index (χ3v) is 4.82. The zero-order chi connectivity index (χ0) is 14.1. The summed E-state index contributed by atoms with van der Waals surface area (Å²) in [5.41, 5.74) is 0. The number of hydrogen-bond acceptors (Lipinski definition) is 2. The van der Waals surface area contributed by atoms with E-state index in [1.54, 1.807) is 0 Å². The van der Waals surface area contributed by atoms with Crippen molar-refractivity contribution in [2.75, 3.05) is 0 Å². The lowest BCUT2D eigenvalue weighted by Gasteiger charge is -2.11. The highest BCUT2D eigenvalue weighted by atomic mass is 16.3. The van der Waals surface area contributed by atoms with Crippen LogP contribution in [0.1, 0.15) is 63.4 Å². The van der Waals surface area contributed by atoms with Gasteiger partial charge in [0.2, 0.25) is 5.91 Å². The first kappa shape index (κ1) is 13.7. The van der Waals surface area contributed by atoms with Crippen molar-refractivity contribution >= 4 is 5.91 Å². The van der Waals surface area contributed by atoms with Crippen molar-refractivity contribution < 1.29 is 9.21 Å². The summed E-state index contributed by atoms with van der Waals surface area (Å²) in [7, 11) is 0. The Morgan fingerprint density at radius 1 is 1.30 bits per heavy atom. The van der Waals surface area contributed by atoms with Gasteiger partial charge in [0.25, 0.3) is 0 Å². The molecule has 3 rings (SSSR count). The molecule has 0 spiro atoms. The van der Waals surface area contributed by atoms with Gasteiger partial charge in [-0.2, -0.15) is 0 Å². The molecule has 2 fully saturated rings. The minimum atomic E-state index is 0.168. The van der Waals surface area contributed by atoms with Crippen molar-refractivity contribution in [1.29, 1.82) is 0 Å². The van der Waals surface area contributed by atoms with Gasteiger partial charge in [0.1, 0.15) is 11.5 Å². The highest BCUT2D eigenvalue weighted by Gasteiger charge is 2.36. The maximum Gasteiger partial charge on any atom is 0.220 e. The van der Waals surface area contributed by atoms with E-state index >= 15 is 0 Å². The first-order valence-electron chi connectivity index (χ1n) is 8.00. The van der Waals surface area contributed by atoms with Crippen LogP contribution in [0, 0.1) is 11.8 Å². The van der Waals surface area contributed by atoms with Gasteiger partial charge in [-0.25, -0.2) is 0 Å². The van der Waals surface area contributed by atoms with Crippen LogP contribution in [0.4, 0.5) is 0 Å². The Hall–Kier alpha value is -1.25. The zero-order valence-electron chi connectivity index (χ0n) is 12.5. The molecule has 3 nitrogen and oxygen atoms in total. The molecule has 0 aliphatic heterocycles. The second-order valence-corrected chi connectivity index (χ2v) is 6.81. The van der Waals surface area contributed by atoms with E-state index in [0.29, 0.717) is 18.4 Å². The predicted octanol–water partition coefficient (Wildman–Crippen LogP) is 3.64. The van der Waals surface area contributed by atoms with Crippen LogP contribution in [-0.4, -0.2) is 11.9 Å². The summed E-state index contributed by atoms with van der Waals surface area (Å²) in [4.78, 5) is 11.9. The van der Waals surface area contributed by atoms with Crippen LogP contribution in [0.2, 0.25) is 0 Å². The van der Waals surface area contributed by atoms with Gasteiger partial charge in [-0.05, 0) is 49.7 Å². The number of furan rings is 1. The summed E-state index contributed by atoms with van der Waals surface area (Å²) >= 11 is 0. The Kier molecular flexibility index (Phi) is 3.86. The molecule has 1 heterocycles. The van der Waals surface area contributed by atoms with E-state index in [9.17, 15) is 4.79 Å². The second kappa shape index (κ2) is 5.63. The summed E-state index contributed by atoms with van der Waals surface area (Å²) in [6, 6.07) is 4.52. The monoisotopic (exact) mass is 275 g/mol. The highest BCUT2D eigenvalue weighted by molar-refractivity contribution is 5.76. The van der Waals surface area contributed by atoms with E-state index in [0.717, 1.165) is 42.6 Å². The summed E-state index contributed by atoms with van der Waals surface area (Å²) in [5, 5.41) is 3.15. The van der Waals surface area contributed by atoms with Gasteiger partial charge in [0.05, 0.1) is 0 Å². The molecule has 0 aromatic carbocycles. The Labute approximate surface area is 121 Å². The van der Waals surface area contributed by atoms with Crippen LogP contribution < -0.4 is 5.32 Å². The van der Waals surface area contributed by atoms with E-state index in [4.69, 9.17) is 4.42 Å². The number of aryl methyl sites for hydroxylation is 1. The lowest BCUT2D eigenvalue weighted by Crippen LogP contribution is -2.32. The van der Waals surface area contributed by atoms with Crippen LogP contribution in [0.5, 0.6) is 0 Å². The van der Waals surface area contributed by atoms with Crippen molar-refractivity contribution in [3.63, 3.8) is 0 Å². The minimum Gasteiger partial charge on any atom is -0.466 e. The molecule has 1 N–H and O–H groups in total. The third kappa shape index (κ3) is 3.25. The molecule has 0 radical (unpaired) electrons. The van der Waals surface area contributed by atoms with Crippen LogP contribution in [0.3, 0.4) is 0 Å². The molecule has 1 amide bonds. The van der Waals surface area contributed by atoms with Gasteiger partial charge in [0.15, 0.2) is 0 Å². The smallest absolute Gasteiger partial charge is 0.220 e. The number of rotatable bonds is 5. The fraction of sp³-hybridized carbons (Fsp3) is 0.706. The molecule has 0 saturated heterocycles. The Morgan fingerprint density at radius 2 is 2.10 bits per heavy atom. The Bertz CT molecular complexity index is 479. The molecule has 1 aromatic rings. The Balaban J connectivity index is 1.42. The second-order valence-electron chi connectivity index (χ2n) is 6.81. The average molecular weight is 275 g/mol. The molecule has 4 atom stereocenters. The van der Waals surface area contributed by atoms with E-state index in [1.807, 2.05) is 6.07 Å². The van der Waals surface area contributed by atoms with Gasteiger partial charge in [-0.15, -0.1) is 0 Å². The number of nitrogens with one attached hydrogen (secondary N) is 1. The zero-order valence-corrected chi connectivity index (χ0v) is 12.5. The lowest BCUT2D eigenvalue weighted by atomic mass is 10.1. The number of hydrogen-bond donors (Lipinski definition) is 1. The first-order chi connectivity index (χ1) is 9.61. The molecule has 0 bridgehead atoms. The molecule has 110 valence electrons. The van der Waals surface area contributed by atoms with Gasteiger partial charge in [-0.1, -0.05) is 13.8 Å². The summed E-state index contributed by atoms with van der Waals surface area (Å²) in [6.45, 7) is 4.51. The van der Waals surface area contributed by atoms with Crippen molar-refractivity contribution in [1.82, 2.24) is 5.32 Å². The van der Waals surface area contributed by atoms with Crippen molar-refractivity contribution in [2.45, 2.75) is 64.3 Å². The normalized spacial score (nSPS) is 32.3. The summed E-state index contributed by atoms with van der Waals surface area (Å²) in [6.07, 6.45) is 6.01. The molecule has 2 aliphatic carbocycles. The van der Waals surface area contributed by atoms with E-state index < -0.39 is 0 Å². The van der Waals surface area contributed by atoms with Crippen molar-refractivity contribution in [3.05, 3.63) is 23.7 Å². The van der Waals surface area contributed by atoms with Gasteiger partial charge < -0.3 is 9.73 Å². The third-order valence-electron chi connectivity index (χ3n) is 4.82. The topological polar surface area (TPSA) is 42.2 Å². The fourth-order valence-corrected chi connectivity index (χ4v) is 3.32. The minimum absolute atomic E-state index is 0.168. The van der Waals surface area contributed by atoms with Crippen LogP contribution in [0.15, 0.2) is 16.5 Å². The van der Waals surface area contributed by atoms with E-state index in [2.05, 4.69) is 25.2 Å². The van der Waals surface area contributed by atoms with Crippen molar-refractivity contribution in [2.24, 2.45) is 11.8 Å². The molecule has 2 saturated carbocycles. The average Bonchev–Trinajstić information content (AvgIpc) is 2.82. The van der Waals surface area contributed by atoms with Gasteiger partial charge >= 0.3 is 0 Å². The first-order valence-corrected chi connectivity index (χ1v) is 8.00. The predicted molar refractivity (Wildman–Crippen MR) is 78.5 cm³/mol. The number of carbonyl (C=O) groups excluding carboxylic acids is 1. The Morgan fingerprint density at radius 3 is 2.75 bits per heavy atom. The molecule has 3 heteroatoms. The number of amides is 1. The molecule has 20 heavy (non-hydrogen) atoms. The SMILES string of the molecule is CC1CCC(NC(=O)CCc2ccc(C3CC3C)o2)C1. The quantitative estimate of drug-likeness (QED) is 0.891. The van der Waals surface area contributed by atoms with E-state index in [1.165, 1.54) is 12.8 Å². The van der Waals surface area contributed by atoms with Crippen molar-refractivity contribution in [3.8, 4) is 0 Å². The molecular weight excluding hydrogens is 250 g/mol. The van der Waals surface area contributed by atoms with Crippen LogP contribution >= 0.6 is 0 Å². The summed E-state index contributed by atoms with van der Waals surface area (Å²) in [5.74, 6) is 4.38. The molecule has 4 unspecified atom stereocenters. The van der Waals surface area contributed by atoms with E-state index in [-0.39, 0.29) is 5.91 Å². The number of carbonyl (C=O) groups is 1. The molecule has 1 aromatic heterocycles. The largest absolute Gasteiger partial charge is 0.466 e. The van der Waals surface area contributed by atoms with Gasteiger partial charge in [-0.3, -0.25) is 4.79 Å². The molecule has 2 aliphatic rings. The summed E-state index contributed by atoms with van der Waals surface area (Å²) < 4.78 is 5.84. The highest BCUT2D eigenvalue weighted by Crippen LogP contribution is 2.47.